The summed E-state index contributed by atoms with van der Waals surface area (Å²) < 4.78 is 0. The van der Waals surface area contributed by atoms with Gasteiger partial charge < -0.3 is 73.7 Å². The zero-order chi connectivity index (χ0) is 54.4. The molecule has 5 rings (SSSR count). The summed E-state index contributed by atoms with van der Waals surface area (Å²) in [5.74, 6) is -7.00. The van der Waals surface area contributed by atoms with Gasteiger partial charge in [0.1, 0.15) is 42.9 Å². The van der Waals surface area contributed by atoms with Crippen molar-refractivity contribution in [1.29, 1.82) is 0 Å². The molecule has 1 aliphatic rings. The average molecular weight is 1080 g/mol. The molecule has 8 unspecified atom stereocenters. The van der Waals surface area contributed by atoms with Crippen LogP contribution in [0, 0.1) is 0 Å². The number of aliphatic hydroxyl groups is 4. The van der Waals surface area contributed by atoms with Gasteiger partial charge in [0.05, 0.1) is 30.9 Å². The molecule has 0 aliphatic carbocycles. The van der Waals surface area contributed by atoms with E-state index in [0.29, 0.717) is 11.1 Å². The highest BCUT2D eigenvalue weighted by Crippen LogP contribution is 2.24. The molecular formula is C51H68N10O12S2. The predicted octanol–water partition coefficient (Wildman–Crippen LogP) is -1.66. The lowest BCUT2D eigenvalue weighted by Crippen LogP contribution is -2.62. The molecule has 1 saturated heterocycles. The van der Waals surface area contributed by atoms with Crippen molar-refractivity contribution in [2.24, 2.45) is 5.73 Å². The molecule has 3 aromatic carbocycles. The number of H-pyrrole nitrogens is 1. The van der Waals surface area contributed by atoms with Crippen molar-refractivity contribution in [3.05, 3.63) is 108 Å². The van der Waals surface area contributed by atoms with Gasteiger partial charge in [0.15, 0.2) is 0 Å². The fourth-order valence-corrected chi connectivity index (χ4v) is 10.3. The monoisotopic (exact) mass is 1080 g/mol. The number of unbranched alkanes of at least 4 members (excludes halogenated alkanes) is 1. The van der Waals surface area contributed by atoms with Gasteiger partial charge in [0.25, 0.3) is 0 Å². The second-order valence-electron chi connectivity index (χ2n) is 18.2. The molecule has 406 valence electrons. The average Bonchev–Trinajstić information content (AvgIpc) is 3.80. The van der Waals surface area contributed by atoms with Crippen LogP contribution in [0.25, 0.3) is 10.9 Å². The van der Waals surface area contributed by atoms with E-state index in [9.17, 15) is 53.7 Å². The first-order valence-corrected chi connectivity index (χ1v) is 27.1. The van der Waals surface area contributed by atoms with Crippen LogP contribution in [-0.4, -0.2) is 164 Å². The van der Waals surface area contributed by atoms with Crippen LogP contribution in [0.15, 0.2) is 91.1 Å². The Bertz CT molecular complexity index is 2540. The second kappa shape index (κ2) is 30.1. The van der Waals surface area contributed by atoms with Crippen LogP contribution in [-0.2, 0) is 57.6 Å². The molecule has 1 aliphatic heterocycles. The van der Waals surface area contributed by atoms with Crippen molar-refractivity contribution in [1.82, 2.24) is 47.5 Å². The summed E-state index contributed by atoms with van der Waals surface area (Å²) >= 11 is 0. The number of carbonyl (C=O) groups excluding carboxylic acids is 8. The molecule has 4 aromatic rings. The van der Waals surface area contributed by atoms with Crippen molar-refractivity contribution in [2.75, 3.05) is 31.3 Å². The summed E-state index contributed by atoms with van der Waals surface area (Å²) in [6.07, 6.45) is -0.843. The van der Waals surface area contributed by atoms with Gasteiger partial charge in [-0.15, -0.1) is 0 Å². The van der Waals surface area contributed by atoms with E-state index in [2.05, 4.69) is 47.5 Å². The van der Waals surface area contributed by atoms with Crippen LogP contribution >= 0.6 is 21.6 Å². The zero-order valence-corrected chi connectivity index (χ0v) is 43.3. The number of para-hydroxylation sites is 1. The number of aliphatic hydroxyl groups excluding tert-OH is 4. The maximum Gasteiger partial charge on any atom is 0.245 e. The smallest absolute Gasteiger partial charge is 0.245 e. The van der Waals surface area contributed by atoms with Crippen LogP contribution in [0.1, 0.15) is 49.8 Å². The van der Waals surface area contributed by atoms with Crippen molar-refractivity contribution in [2.45, 2.75) is 113 Å². The summed E-state index contributed by atoms with van der Waals surface area (Å²) in [6, 6.07) is 14.0. The largest absolute Gasteiger partial charge is 0.394 e. The molecule has 75 heavy (non-hydrogen) atoms. The van der Waals surface area contributed by atoms with Gasteiger partial charge in [0, 0.05) is 48.0 Å². The molecule has 0 radical (unpaired) electrons. The Hall–Kier alpha value is -6.54. The van der Waals surface area contributed by atoms with E-state index >= 15 is 0 Å². The van der Waals surface area contributed by atoms with E-state index in [-0.39, 0.29) is 56.6 Å². The summed E-state index contributed by atoms with van der Waals surface area (Å²) in [4.78, 5) is 115. The predicted molar refractivity (Wildman–Crippen MR) is 283 cm³/mol. The number of amides is 8. The van der Waals surface area contributed by atoms with Crippen molar-refractivity contribution >= 4 is 79.7 Å². The number of benzene rings is 3. The normalized spacial score (nSPS) is 22.1. The molecule has 0 saturated carbocycles. The summed E-state index contributed by atoms with van der Waals surface area (Å²) in [5.41, 5.74) is 9.10. The fraction of sp³-hybridized carbons (Fsp3) is 0.451. The summed E-state index contributed by atoms with van der Waals surface area (Å²) in [5, 5.41) is 62.1. The number of fused-ring (bicyclic) bond motifs is 1. The highest BCUT2D eigenvalue weighted by atomic mass is 33.1. The van der Waals surface area contributed by atoms with E-state index in [1.54, 1.807) is 66.9 Å². The number of aromatic amines is 1. The number of carbonyl (C=O) groups is 8. The summed E-state index contributed by atoms with van der Waals surface area (Å²) in [6.45, 7) is 1.24. The van der Waals surface area contributed by atoms with Crippen molar-refractivity contribution in [3.63, 3.8) is 0 Å². The molecule has 10 atom stereocenters. The summed E-state index contributed by atoms with van der Waals surface area (Å²) in [7, 11) is 2.01. The number of nitrogens with two attached hydrogens (primary N) is 1. The van der Waals surface area contributed by atoms with Crippen LogP contribution < -0.4 is 48.3 Å². The Labute approximate surface area is 442 Å². The quantitative estimate of drug-likeness (QED) is 0.0369. The third kappa shape index (κ3) is 18.7. The molecule has 8 amide bonds. The van der Waals surface area contributed by atoms with Crippen LogP contribution in [0.5, 0.6) is 0 Å². The van der Waals surface area contributed by atoms with E-state index in [1.165, 1.54) is 13.8 Å². The fourth-order valence-electron chi connectivity index (χ4n) is 7.99. The third-order valence-electron chi connectivity index (χ3n) is 12.3. The van der Waals surface area contributed by atoms with E-state index in [0.717, 1.165) is 38.1 Å². The zero-order valence-electron chi connectivity index (χ0n) is 41.7. The lowest BCUT2D eigenvalue weighted by molar-refractivity contribution is -0.136. The van der Waals surface area contributed by atoms with Crippen molar-refractivity contribution < 1.29 is 58.8 Å². The van der Waals surface area contributed by atoms with Gasteiger partial charge in [-0.2, -0.15) is 0 Å². The maximum absolute atomic E-state index is 14.8. The second-order valence-corrected chi connectivity index (χ2v) is 20.7. The van der Waals surface area contributed by atoms with Gasteiger partial charge in [0.2, 0.25) is 47.3 Å². The van der Waals surface area contributed by atoms with Crippen LogP contribution in [0.2, 0.25) is 0 Å². The number of aromatic nitrogens is 1. The first-order chi connectivity index (χ1) is 36.0. The van der Waals surface area contributed by atoms with Gasteiger partial charge in [-0.25, -0.2) is 0 Å². The number of hydrogen-bond acceptors (Lipinski definition) is 15. The maximum atomic E-state index is 14.8. The molecule has 2 heterocycles. The molecule has 24 heteroatoms. The van der Waals surface area contributed by atoms with Crippen LogP contribution in [0.4, 0.5) is 0 Å². The van der Waals surface area contributed by atoms with E-state index < -0.39 is 121 Å². The Morgan fingerprint density at radius 1 is 0.707 bits per heavy atom. The number of hydrogen-bond donors (Lipinski definition) is 14. The lowest BCUT2D eigenvalue weighted by atomic mass is 10.0. The van der Waals surface area contributed by atoms with Gasteiger partial charge in [-0.1, -0.05) is 100 Å². The van der Waals surface area contributed by atoms with E-state index in [1.807, 2.05) is 24.3 Å². The highest BCUT2D eigenvalue weighted by molar-refractivity contribution is 8.76. The molecular weight excluding hydrogens is 1010 g/mol. The third-order valence-corrected chi connectivity index (χ3v) is 14.7. The first-order valence-electron chi connectivity index (χ1n) is 24.6. The Morgan fingerprint density at radius 3 is 1.96 bits per heavy atom. The van der Waals surface area contributed by atoms with Gasteiger partial charge in [-0.05, 0) is 62.3 Å². The lowest BCUT2D eigenvalue weighted by Gasteiger charge is -2.29. The Morgan fingerprint density at radius 2 is 1.31 bits per heavy atom. The highest BCUT2D eigenvalue weighted by Gasteiger charge is 2.36. The first kappa shape index (κ1) is 59.3. The molecule has 22 nitrogen and oxygen atoms in total. The molecule has 1 fully saturated rings. The van der Waals surface area contributed by atoms with Crippen molar-refractivity contribution in [3.8, 4) is 0 Å². The van der Waals surface area contributed by atoms with E-state index in [4.69, 9.17) is 10.8 Å². The standard InChI is InChI=1S/C51H68N10O12S2/c1-29(64)40(25-62)58-50(72)42-28-75-74-27-41(59-45(67)35(52)21-31-13-5-3-6-14-31)49(71)56-38(22-32-15-7-4-8-16-32)47(69)57-39(23-33-24-54-36-18-10-9-17-34(33)36)48(70)55-37(19-11-12-20-53-43(66)26-63)46(68)61-44(30(2)65)51(73)60-42/h3-10,13-18,24,29-30,35,37-42,44,54,62-65H,11-12,19-23,25-28,52H2,1-2H3,(H,53,66)(H,55,70)(H,56,71)(H,57,69)(H,58,72)(H,59,67)(H,60,73)(H,61,68)/t29-,30-,35?,37?,38?,39?,40?,41?,42?,44?/m1/s1. The molecule has 0 spiro atoms. The Balaban J connectivity index is 1.57. The Kier molecular flexibility index (Phi) is 23.8. The molecule has 1 aromatic heterocycles. The van der Waals surface area contributed by atoms with Gasteiger partial charge in [-0.3, -0.25) is 38.4 Å². The minimum absolute atomic E-state index is 0.0771. The minimum Gasteiger partial charge on any atom is -0.394 e. The SMILES string of the molecule is C[C@@H](O)C(CO)NC(=O)C1CSSCC(NC(=O)C(N)Cc2ccccc2)C(=O)NC(Cc2ccccc2)C(=O)NC(Cc2c[nH]c3ccccc23)C(=O)NC(CCCCNC(=O)CO)C(=O)NC([C@@H](C)O)C(=O)N1. The topological polar surface area (TPSA) is 356 Å². The molecule has 0 bridgehead atoms. The number of nitrogens with one attached hydrogen (secondary N) is 9. The minimum atomic E-state index is -1.73. The number of rotatable bonds is 19. The van der Waals surface area contributed by atoms with Crippen LogP contribution in [0.3, 0.4) is 0 Å². The molecule has 15 N–H and O–H groups in total. The van der Waals surface area contributed by atoms with Gasteiger partial charge >= 0.3 is 0 Å².